The molecule has 3 rings (SSSR count). The van der Waals surface area contributed by atoms with E-state index < -0.39 is 0 Å². The highest BCUT2D eigenvalue weighted by atomic mass is 35.5. The predicted octanol–water partition coefficient (Wildman–Crippen LogP) is 3.89. The molecule has 0 atom stereocenters. The lowest BCUT2D eigenvalue weighted by molar-refractivity contribution is -0.116. The lowest BCUT2D eigenvalue weighted by Gasteiger charge is -2.05. The molecule has 0 saturated heterocycles. The van der Waals surface area contributed by atoms with Crippen LogP contribution < -0.4 is 5.32 Å². The first-order valence-electron chi connectivity index (χ1n) is 7.00. The van der Waals surface area contributed by atoms with E-state index in [4.69, 9.17) is 21.4 Å². The van der Waals surface area contributed by atoms with Crippen molar-refractivity contribution >= 4 is 34.5 Å². The summed E-state index contributed by atoms with van der Waals surface area (Å²) in [6, 6.07) is 8.60. The van der Waals surface area contributed by atoms with E-state index in [0.717, 1.165) is 5.56 Å². The van der Waals surface area contributed by atoms with Gasteiger partial charge in [0.25, 0.3) is 0 Å². The Morgan fingerprint density at radius 2 is 2.29 bits per heavy atom. The topological polar surface area (TPSA) is 91.8 Å². The van der Waals surface area contributed by atoms with E-state index in [1.807, 2.05) is 22.9 Å². The zero-order valence-corrected chi connectivity index (χ0v) is 13.9. The van der Waals surface area contributed by atoms with Crippen LogP contribution in [0.5, 0.6) is 0 Å². The van der Waals surface area contributed by atoms with Crippen LogP contribution in [0.4, 0.5) is 5.69 Å². The van der Waals surface area contributed by atoms with Crippen LogP contribution in [0, 0.1) is 11.3 Å². The van der Waals surface area contributed by atoms with Crippen LogP contribution >= 0.6 is 22.9 Å². The van der Waals surface area contributed by atoms with Gasteiger partial charge >= 0.3 is 0 Å². The van der Waals surface area contributed by atoms with Crippen LogP contribution in [0.3, 0.4) is 0 Å². The molecule has 3 aromatic rings. The summed E-state index contributed by atoms with van der Waals surface area (Å²) in [6.07, 6.45) is 0.538. The minimum absolute atomic E-state index is 0.197. The molecule has 2 aromatic heterocycles. The summed E-state index contributed by atoms with van der Waals surface area (Å²) < 4.78 is 5.14. The van der Waals surface area contributed by atoms with Crippen molar-refractivity contribution in [1.82, 2.24) is 10.1 Å². The van der Waals surface area contributed by atoms with E-state index in [2.05, 4.69) is 15.5 Å². The monoisotopic (exact) mass is 358 g/mol. The molecule has 2 heterocycles. The molecule has 6 nitrogen and oxygen atoms in total. The van der Waals surface area contributed by atoms with Crippen molar-refractivity contribution in [1.29, 1.82) is 5.26 Å². The van der Waals surface area contributed by atoms with E-state index in [0.29, 0.717) is 34.4 Å². The molecule has 1 aromatic carbocycles. The summed E-state index contributed by atoms with van der Waals surface area (Å²) in [4.78, 5) is 16.2. The molecule has 0 radical (unpaired) electrons. The van der Waals surface area contributed by atoms with E-state index in [1.165, 1.54) is 0 Å². The second-order valence-corrected chi connectivity index (χ2v) is 6.07. The molecule has 24 heavy (non-hydrogen) atoms. The highest BCUT2D eigenvalue weighted by Crippen LogP contribution is 2.21. The van der Waals surface area contributed by atoms with Gasteiger partial charge in [0.2, 0.25) is 17.6 Å². The number of rotatable bonds is 5. The Morgan fingerprint density at radius 1 is 1.42 bits per heavy atom. The number of aromatic nitrogens is 2. The Kier molecular flexibility index (Phi) is 4.89. The number of hydrogen-bond acceptors (Lipinski definition) is 6. The maximum Gasteiger partial charge on any atom is 0.227 e. The van der Waals surface area contributed by atoms with Crippen molar-refractivity contribution in [2.45, 2.75) is 12.8 Å². The van der Waals surface area contributed by atoms with Crippen molar-refractivity contribution in [2.75, 3.05) is 5.32 Å². The summed E-state index contributed by atoms with van der Waals surface area (Å²) in [5.74, 6) is 0.723. The number of amides is 1. The number of nitrogens with one attached hydrogen (secondary N) is 1. The first-order chi connectivity index (χ1) is 11.7. The molecule has 0 spiro atoms. The Bertz CT molecular complexity index is 899. The van der Waals surface area contributed by atoms with Gasteiger partial charge in [0.05, 0.1) is 10.6 Å². The van der Waals surface area contributed by atoms with Crippen molar-refractivity contribution < 1.29 is 9.32 Å². The van der Waals surface area contributed by atoms with E-state index in [-0.39, 0.29) is 12.3 Å². The summed E-state index contributed by atoms with van der Waals surface area (Å²) in [6.45, 7) is 0. The number of benzene rings is 1. The standard InChI is InChI=1S/C16H11ClN4O2S/c17-13-7-12(2-1-10(13)8-18)19-14(22)3-4-15-20-16(21-23-15)11-5-6-24-9-11/h1-2,5-7,9H,3-4H2,(H,19,22). The van der Waals surface area contributed by atoms with Gasteiger partial charge in [-0.05, 0) is 29.6 Å². The Morgan fingerprint density at radius 3 is 3.00 bits per heavy atom. The first-order valence-corrected chi connectivity index (χ1v) is 8.32. The molecule has 120 valence electrons. The van der Waals surface area contributed by atoms with Crippen LogP contribution in [-0.4, -0.2) is 16.0 Å². The fourth-order valence-corrected chi connectivity index (χ4v) is 2.85. The number of carbonyl (C=O) groups excluding carboxylic acids is 1. The maximum absolute atomic E-state index is 12.0. The molecule has 0 fully saturated rings. The van der Waals surface area contributed by atoms with Gasteiger partial charge in [-0.15, -0.1) is 0 Å². The molecular weight excluding hydrogens is 348 g/mol. The highest BCUT2D eigenvalue weighted by Gasteiger charge is 2.11. The predicted molar refractivity (Wildman–Crippen MR) is 90.7 cm³/mol. The molecule has 0 aliphatic carbocycles. The minimum atomic E-state index is -0.203. The van der Waals surface area contributed by atoms with E-state index >= 15 is 0 Å². The molecule has 0 aliphatic heterocycles. The third kappa shape index (κ3) is 3.79. The summed E-state index contributed by atoms with van der Waals surface area (Å²) in [5.41, 5.74) is 1.79. The highest BCUT2D eigenvalue weighted by molar-refractivity contribution is 7.08. The molecule has 0 saturated carbocycles. The molecule has 8 heteroatoms. The maximum atomic E-state index is 12.0. The van der Waals surface area contributed by atoms with Crippen molar-refractivity contribution in [3.8, 4) is 17.5 Å². The average molecular weight is 359 g/mol. The first kappa shape index (κ1) is 16.2. The van der Waals surface area contributed by atoms with Crippen LogP contribution in [0.2, 0.25) is 5.02 Å². The third-order valence-corrected chi connectivity index (χ3v) is 4.18. The lowest BCUT2D eigenvalue weighted by Crippen LogP contribution is -2.12. The van der Waals surface area contributed by atoms with E-state index in [1.54, 1.807) is 29.5 Å². The molecule has 0 unspecified atom stereocenters. The molecule has 0 bridgehead atoms. The van der Waals surface area contributed by atoms with Gasteiger partial charge in [0.15, 0.2) is 0 Å². The van der Waals surface area contributed by atoms with Crippen molar-refractivity contribution in [3.63, 3.8) is 0 Å². The number of nitrogens with zero attached hydrogens (tertiary/aromatic N) is 3. The number of hydrogen-bond donors (Lipinski definition) is 1. The van der Waals surface area contributed by atoms with Gasteiger partial charge in [0, 0.05) is 29.5 Å². The fraction of sp³-hybridized carbons (Fsp3) is 0.125. The lowest BCUT2D eigenvalue weighted by atomic mass is 10.2. The summed E-state index contributed by atoms with van der Waals surface area (Å²) >= 11 is 7.48. The minimum Gasteiger partial charge on any atom is -0.339 e. The Balaban J connectivity index is 1.56. The number of carbonyl (C=O) groups is 1. The van der Waals surface area contributed by atoms with Crippen molar-refractivity contribution in [3.05, 3.63) is 51.5 Å². The van der Waals surface area contributed by atoms with Crippen LogP contribution in [0.25, 0.3) is 11.4 Å². The molecule has 1 amide bonds. The van der Waals surface area contributed by atoms with Crippen LogP contribution in [0.1, 0.15) is 17.9 Å². The Hall–Kier alpha value is -2.69. The zero-order chi connectivity index (χ0) is 16.9. The largest absolute Gasteiger partial charge is 0.339 e. The normalized spacial score (nSPS) is 10.3. The second-order valence-electron chi connectivity index (χ2n) is 4.88. The van der Waals surface area contributed by atoms with Crippen LogP contribution in [0.15, 0.2) is 39.5 Å². The number of anilines is 1. The van der Waals surface area contributed by atoms with Gasteiger partial charge in [-0.2, -0.15) is 21.6 Å². The number of thiophene rings is 1. The van der Waals surface area contributed by atoms with Gasteiger partial charge < -0.3 is 9.84 Å². The third-order valence-electron chi connectivity index (χ3n) is 3.19. The van der Waals surface area contributed by atoms with Gasteiger partial charge in [0.1, 0.15) is 6.07 Å². The van der Waals surface area contributed by atoms with E-state index in [9.17, 15) is 4.79 Å². The molecular formula is C16H11ClN4O2S. The zero-order valence-electron chi connectivity index (χ0n) is 12.3. The Labute approximate surface area is 146 Å². The van der Waals surface area contributed by atoms with Gasteiger partial charge in [-0.25, -0.2) is 0 Å². The average Bonchev–Trinajstić information content (AvgIpc) is 3.24. The number of aryl methyl sites for hydroxylation is 1. The summed E-state index contributed by atoms with van der Waals surface area (Å²) in [5, 5.41) is 19.6. The van der Waals surface area contributed by atoms with Gasteiger partial charge in [-0.1, -0.05) is 16.8 Å². The quantitative estimate of drug-likeness (QED) is 0.746. The fourth-order valence-electron chi connectivity index (χ4n) is 1.99. The molecule has 0 aliphatic rings. The number of halogens is 1. The van der Waals surface area contributed by atoms with Crippen molar-refractivity contribution in [2.24, 2.45) is 0 Å². The van der Waals surface area contributed by atoms with Gasteiger partial charge in [-0.3, -0.25) is 4.79 Å². The second kappa shape index (κ2) is 7.25. The summed E-state index contributed by atoms with van der Waals surface area (Å²) in [7, 11) is 0. The SMILES string of the molecule is N#Cc1ccc(NC(=O)CCc2nc(-c3ccsc3)no2)cc1Cl. The number of nitriles is 1. The van der Waals surface area contributed by atoms with Crippen LogP contribution in [-0.2, 0) is 11.2 Å². The molecule has 1 N–H and O–H groups in total. The smallest absolute Gasteiger partial charge is 0.227 e.